The van der Waals surface area contributed by atoms with E-state index in [9.17, 15) is 4.79 Å². The van der Waals surface area contributed by atoms with Gasteiger partial charge in [0.25, 0.3) is 5.91 Å². The topological polar surface area (TPSA) is 73.7 Å². The molecule has 0 heterocycles. The monoisotopic (exact) mass is 269 g/mol. The van der Waals surface area contributed by atoms with Gasteiger partial charge in [0.15, 0.2) is 0 Å². The highest BCUT2D eigenvalue weighted by Gasteiger charge is 1.98. The molecule has 0 aliphatic heterocycles. The van der Waals surface area contributed by atoms with E-state index in [0.29, 0.717) is 0 Å². The van der Waals surface area contributed by atoms with Gasteiger partial charge in [-0.25, -0.2) is 5.43 Å². The van der Waals surface area contributed by atoms with Gasteiger partial charge in [-0.3, -0.25) is 4.79 Å². The van der Waals surface area contributed by atoms with E-state index < -0.39 is 0 Å². The minimum absolute atomic E-state index is 0.150. The van der Waals surface area contributed by atoms with Crippen LogP contribution in [0.3, 0.4) is 0 Å². The number of carbonyl (C=O) groups is 1. The van der Waals surface area contributed by atoms with E-state index in [4.69, 9.17) is 5.11 Å². The number of phenols is 1. The molecule has 0 radical (unpaired) electrons. The number of nitrogens with zero attached hydrogens (tertiary/aromatic N) is 1. The Balaban J connectivity index is 1.76. The molecule has 2 aromatic rings. The SMILES string of the molecule is O=C(CNc1ccccc1)N/N=C/c1ccc(O)cc1. The number of aromatic hydroxyl groups is 1. The molecule has 1 amide bonds. The molecule has 3 N–H and O–H groups in total. The second kappa shape index (κ2) is 6.94. The number of hydrogen-bond donors (Lipinski definition) is 3. The lowest BCUT2D eigenvalue weighted by molar-refractivity contribution is -0.119. The maximum Gasteiger partial charge on any atom is 0.259 e. The predicted molar refractivity (Wildman–Crippen MR) is 78.8 cm³/mol. The Morgan fingerprint density at radius 1 is 1.10 bits per heavy atom. The van der Waals surface area contributed by atoms with Crippen molar-refractivity contribution in [2.75, 3.05) is 11.9 Å². The zero-order chi connectivity index (χ0) is 14.2. The average Bonchev–Trinajstić information content (AvgIpc) is 2.48. The summed E-state index contributed by atoms with van der Waals surface area (Å²) in [6.07, 6.45) is 1.51. The van der Waals surface area contributed by atoms with E-state index in [1.807, 2.05) is 30.3 Å². The highest BCUT2D eigenvalue weighted by Crippen LogP contribution is 2.07. The van der Waals surface area contributed by atoms with E-state index in [1.54, 1.807) is 24.3 Å². The molecule has 5 heteroatoms. The van der Waals surface area contributed by atoms with Crippen molar-refractivity contribution in [3.8, 4) is 5.75 Å². The van der Waals surface area contributed by atoms with Crippen LogP contribution in [0.15, 0.2) is 59.7 Å². The quantitative estimate of drug-likeness (QED) is 0.574. The molecular weight excluding hydrogens is 254 g/mol. The third-order valence-electron chi connectivity index (χ3n) is 2.52. The molecule has 2 aromatic carbocycles. The number of phenolic OH excluding ortho intramolecular Hbond substituents is 1. The summed E-state index contributed by atoms with van der Waals surface area (Å²) in [5, 5.41) is 15.9. The number of carbonyl (C=O) groups excluding carboxylic acids is 1. The van der Waals surface area contributed by atoms with Crippen molar-refractivity contribution in [3.63, 3.8) is 0 Å². The van der Waals surface area contributed by atoms with Crippen molar-refractivity contribution in [2.24, 2.45) is 5.10 Å². The summed E-state index contributed by atoms with van der Waals surface area (Å²) in [6, 6.07) is 16.0. The molecular formula is C15H15N3O2. The van der Waals surface area contributed by atoms with Gasteiger partial charge >= 0.3 is 0 Å². The minimum atomic E-state index is -0.233. The number of nitrogens with one attached hydrogen (secondary N) is 2. The first-order valence-corrected chi connectivity index (χ1v) is 6.14. The van der Waals surface area contributed by atoms with E-state index in [1.165, 1.54) is 6.21 Å². The molecule has 0 saturated heterocycles. The number of benzene rings is 2. The third kappa shape index (κ3) is 4.45. The largest absolute Gasteiger partial charge is 0.508 e. The van der Waals surface area contributed by atoms with E-state index in [-0.39, 0.29) is 18.2 Å². The Labute approximate surface area is 117 Å². The van der Waals surface area contributed by atoms with Crippen LogP contribution < -0.4 is 10.7 Å². The van der Waals surface area contributed by atoms with Gasteiger partial charge < -0.3 is 10.4 Å². The summed E-state index contributed by atoms with van der Waals surface area (Å²) >= 11 is 0. The Morgan fingerprint density at radius 3 is 2.50 bits per heavy atom. The van der Waals surface area contributed by atoms with Crippen LogP contribution in [0, 0.1) is 0 Å². The van der Waals surface area contributed by atoms with Crippen molar-refractivity contribution < 1.29 is 9.90 Å². The number of hydrazone groups is 1. The van der Waals surface area contributed by atoms with Gasteiger partial charge in [0.2, 0.25) is 0 Å². The molecule has 5 nitrogen and oxygen atoms in total. The Bertz CT molecular complexity index is 580. The van der Waals surface area contributed by atoms with E-state index in [2.05, 4.69) is 15.8 Å². The van der Waals surface area contributed by atoms with E-state index >= 15 is 0 Å². The number of rotatable bonds is 5. The van der Waals surface area contributed by atoms with Crippen LogP contribution in [0.5, 0.6) is 5.75 Å². The zero-order valence-corrected chi connectivity index (χ0v) is 10.8. The predicted octanol–water partition coefficient (Wildman–Crippen LogP) is 1.95. The van der Waals surface area contributed by atoms with Crippen molar-refractivity contribution in [1.82, 2.24) is 5.43 Å². The minimum Gasteiger partial charge on any atom is -0.508 e. The maximum absolute atomic E-state index is 11.5. The third-order valence-corrected chi connectivity index (χ3v) is 2.52. The smallest absolute Gasteiger partial charge is 0.259 e. The number of anilines is 1. The van der Waals surface area contributed by atoms with E-state index in [0.717, 1.165) is 11.3 Å². The molecule has 0 atom stereocenters. The fourth-order valence-corrected chi connectivity index (χ4v) is 1.52. The Morgan fingerprint density at radius 2 is 1.80 bits per heavy atom. The second-order valence-corrected chi connectivity index (χ2v) is 4.10. The van der Waals surface area contributed by atoms with Gasteiger partial charge in [-0.05, 0) is 42.0 Å². The van der Waals surface area contributed by atoms with Crippen molar-refractivity contribution >= 4 is 17.8 Å². The van der Waals surface area contributed by atoms with Gasteiger partial charge in [-0.2, -0.15) is 5.10 Å². The molecule has 0 aromatic heterocycles. The zero-order valence-electron chi connectivity index (χ0n) is 10.8. The molecule has 0 bridgehead atoms. The first kappa shape index (κ1) is 13.6. The average molecular weight is 269 g/mol. The summed E-state index contributed by atoms with van der Waals surface area (Å²) in [5.41, 5.74) is 4.09. The van der Waals surface area contributed by atoms with Gasteiger partial charge in [-0.1, -0.05) is 18.2 Å². The molecule has 0 spiro atoms. The Kier molecular flexibility index (Phi) is 4.72. The molecule has 2 rings (SSSR count). The highest BCUT2D eigenvalue weighted by molar-refractivity contribution is 5.84. The van der Waals surface area contributed by atoms with Crippen LogP contribution in [0.4, 0.5) is 5.69 Å². The maximum atomic E-state index is 11.5. The van der Waals surface area contributed by atoms with Crippen LogP contribution >= 0.6 is 0 Å². The van der Waals surface area contributed by atoms with Crippen LogP contribution in [-0.4, -0.2) is 23.8 Å². The number of para-hydroxylation sites is 1. The number of hydrogen-bond acceptors (Lipinski definition) is 4. The highest BCUT2D eigenvalue weighted by atomic mass is 16.3. The fraction of sp³-hybridized carbons (Fsp3) is 0.0667. The molecule has 0 saturated carbocycles. The summed E-state index contributed by atoms with van der Waals surface area (Å²) in [4.78, 5) is 11.5. The standard InChI is InChI=1S/C15H15N3O2/c19-14-8-6-12(7-9-14)10-17-18-15(20)11-16-13-4-2-1-3-5-13/h1-10,16,19H,11H2,(H,18,20)/b17-10+. The Hall–Kier alpha value is -2.82. The lowest BCUT2D eigenvalue weighted by Gasteiger charge is -2.04. The van der Waals surface area contributed by atoms with Crippen LogP contribution in [-0.2, 0) is 4.79 Å². The summed E-state index contributed by atoms with van der Waals surface area (Å²) < 4.78 is 0. The lowest BCUT2D eigenvalue weighted by atomic mass is 10.2. The summed E-state index contributed by atoms with van der Waals surface area (Å²) in [5.74, 6) is -0.0397. The second-order valence-electron chi connectivity index (χ2n) is 4.10. The summed E-state index contributed by atoms with van der Waals surface area (Å²) in [7, 11) is 0. The molecule has 102 valence electrons. The van der Waals surface area contributed by atoms with Gasteiger partial charge in [-0.15, -0.1) is 0 Å². The first-order chi connectivity index (χ1) is 9.74. The van der Waals surface area contributed by atoms with Crippen molar-refractivity contribution in [1.29, 1.82) is 0 Å². The van der Waals surface area contributed by atoms with Crippen molar-refractivity contribution in [3.05, 3.63) is 60.2 Å². The van der Waals surface area contributed by atoms with Crippen LogP contribution in [0.25, 0.3) is 0 Å². The molecule has 20 heavy (non-hydrogen) atoms. The molecule has 0 aliphatic rings. The normalized spacial score (nSPS) is 10.4. The van der Waals surface area contributed by atoms with Gasteiger partial charge in [0.1, 0.15) is 5.75 Å². The first-order valence-electron chi connectivity index (χ1n) is 6.14. The van der Waals surface area contributed by atoms with Crippen LogP contribution in [0.1, 0.15) is 5.56 Å². The summed E-state index contributed by atoms with van der Waals surface area (Å²) in [6.45, 7) is 0.150. The molecule has 0 aliphatic carbocycles. The molecule has 0 unspecified atom stereocenters. The van der Waals surface area contributed by atoms with Crippen molar-refractivity contribution in [2.45, 2.75) is 0 Å². The fourth-order valence-electron chi connectivity index (χ4n) is 1.52. The number of amides is 1. The van der Waals surface area contributed by atoms with Crippen LogP contribution in [0.2, 0.25) is 0 Å². The lowest BCUT2D eigenvalue weighted by Crippen LogP contribution is -2.25. The van der Waals surface area contributed by atoms with Gasteiger partial charge in [0, 0.05) is 5.69 Å². The molecule has 0 fully saturated rings. The van der Waals surface area contributed by atoms with Gasteiger partial charge in [0.05, 0.1) is 12.8 Å².